The van der Waals surface area contributed by atoms with Crippen molar-refractivity contribution in [3.8, 4) is 0 Å². The largest absolute Gasteiger partial charge is 0.388 e. The maximum absolute atomic E-state index is 10.3. The van der Waals surface area contributed by atoms with E-state index in [0.717, 1.165) is 5.56 Å². The number of hydrogen-bond donors (Lipinski definition) is 1. The molecular weight excluding hydrogens is 275 g/mol. The minimum atomic E-state index is -0.641. The van der Waals surface area contributed by atoms with Crippen molar-refractivity contribution in [1.82, 2.24) is 0 Å². The van der Waals surface area contributed by atoms with Crippen LogP contribution in [0.4, 0.5) is 0 Å². The van der Waals surface area contributed by atoms with Gasteiger partial charge >= 0.3 is 0 Å². The van der Waals surface area contributed by atoms with Gasteiger partial charge in [-0.15, -0.1) is 9.24 Å². The molecule has 20 heavy (non-hydrogen) atoms. The van der Waals surface area contributed by atoms with Crippen molar-refractivity contribution in [2.75, 3.05) is 6.35 Å². The lowest BCUT2D eigenvalue weighted by atomic mass is 9.92. The summed E-state index contributed by atoms with van der Waals surface area (Å²) in [5.74, 6) is -0.0227. The van der Waals surface area contributed by atoms with Crippen molar-refractivity contribution >= 4 is 9.24 Å². The number of rotatable bonds is 5. The summed E-state index contributed by atoms with van der Waals surface area (Å²) in [4.78, 5) is 0. The van der Waals surface area contributed by atoms with Crippen molar-refractivity contribution in [3.63, 3.8) is 0 Å². The fourth-order valence-electron chi connectivity index (χ4n) is 2.45. The van der Waals surface area contributed by atoms with Crippen molar-refractivity contribution in [3.05, 3.63) is 35.9 Å². The zero-order chi connectivity index (χ0) is 14.5. The van der Waals surface area contributed by atoms with Gasteiger partial charge in [0.1, 0.15) is 6.10 Å². The van der Waals surface area contributed by atoms with E-state index in [9.17, 15) is 5.11 Å². The first kappa shape index (κ1) is 15.9. The van der Waals surface area contributed by atoms with Crippen LogP contribution in [0.25, 0.3) is 0 Å². The average Bonchev–Trinajstić information content (AvgIpc) is 2.46. The Bertz CT molecular complexity index is 400. The first-order chi connectivity index (χ1) is 9.63. The first-order valence-electron chi connectivity index (χ1n) is 6.94. The van der Waals surface area contributed by atoms with Gasteiger partial charge in [0, 0.05) is 5.92 Å². The van der Waals surface area contributed by atoms with E-state index >= 15 is 0 Å². The first-order valence-corrected chi connectivity index (χ1v) is 7.76. The Labute approximate surface area is 122 Å². The van der Waals surface area contributed by atoms with Crippen LogP contribution in [0.15, 0.2) is 30.3 Å². The number of aliphatic hydroxyl groups is 1. The molecule has 0 spiro atoms. The van der Waals surface area contributed by atoms with Crippen molar-refractivity contribution in [1.29, 1.82) is 0 Å². The highest BCUT2D eigenvalue weighted by Gasteiger charge is 2.42. The second kappa shape index (κ2) is 7.48. The van der Waals surface area contributed by atoms with Crippen LogP contribution in [0.2, 0.25) is 0 Å². The van der Waals surface area contributed by atoms with Gasteiger partial charge in [0.05, 0.1) is 25.2 Å². The lowest BCUT2D eigenvalue weighted by Crippen LogP contribution is -2.54. The van der Waals surface area contributed by atoms with E-state index in [2.05, 4.69) is 9.24 Å². The minimum absolute atomic E-state index is 0.0227. The molecule has 0 bridgehead atoms. The van der Waals surface area contributed by atoms with Crippen LogP contribution >= 0.6 is 9.24 Å². The Morgan fingerprint density at radius 2 is 1.90 bits per heavy atom. The van der Waals surface area contributed by atoms with Crippen molar-refractivity contribution in [2.24, 2.45) is 5.92 Å². The lowest BCUT2D eigenvalue weighted by molar-refractivity contribution is -0.277. The van der Waals surface area contributed by atoms with E-state index in [4.69, 9.17) is 14.2 Å². The zero-order valence-electron chi connectivity index (χ0n) is 11.9. The zero-order valence-corrected chi connectivity index (χ0v) is 13.1. The van der Waals surface area contributed by atoms with Gasteiger partial charge < -0.3 is 19.3 Å². The van der Waals surface area contributed by atoms with E-state index in [1.807, 2.05) is 44.2 Å². The highest BCUT2D eigenvalue weighted by molar-refractivity contribution is 7.16. The smallest absolute Gasteiger partial charge is 0.163 e. The van der Waals surface area contributed by atoms with Crippen LogP contribution in [-0.4, -0.2) is 36.1 Å². The molecule has 4 nitrogen and oxygen atoms in total. The molecule has 1 aliphatic heterocycles. The summed E-state index contributed by atoms with van der Waals surface area (Å²) >= 11 is 0. The summed E-state index contributed by atoms with van der Waals surface area (Å²) in [7, 11) is 2.51. The third-order valence-electron chi connectivity index (χ3n) is 3.66. The summed E-state index contributed by atoms with van der Waals surface area (Å²) in [6.45, 7) is 4.30. The van der Waals surface area contributed by atoms with Crippen LogP contribution in [0.5, 0.6) is 0 Å². The molecule has 1 aromatic carbocycles. The van der Waals surface area contributed by atoms with Crippen LogP contribution in [0, 0.1) is 5.92 Å². The van der Waals surface area contributed by atoms with Gasteiger partial charge in [-0.2, -0.15) is 0 Å². The molecule has 2 rings (SSSR count). The molecule has 1 aromatic rings. The molecule has 1 heterocycles. The molecule has 1 fully saturated rings. The van der Waals surface area contributed by atoms with Crippen LogP contribution in [0.3, 0.4) is 0 Å². The predicted octanol–water partition coefficient (Wildman–Crippen LogP) is 2.16. The van der Waals surface area contributed by atoms with Crippen molar-refractivity contribution < 1.29 is 19.3 Å². The monoisotopic (exact) mass is 298 g/mol. The summed E-state index contributed by atoms with van der Waals surface area (Å²) in [6.07, 6.45) is -1.07. The molecule has 5 heteroatoms. The van der Waals surface area contributed by atoms with Crippen LogP contribution in [-0.2, 0) is 20.8 Å². The Morgan fingerprint density at radius 3 is 2.55 bits per heavy atom. The normalized spacial score (nSPS) is 34.1. The van der Waals surface area contributed by atoms with Gasteiger partial charge in [0.25, 0.3) is 0 Å². The predicted molar refractivity (Wildman–Crippen MR) is 80.2 cm³/mol. The van der Waals surface area contributed by atoms with E-state index in [0.29, 0.717) is 13.0 Å². The number of hydrogen-bond acceptors (Lipinski definition) is 4. The van der Waals surface area contributed by atoms with Crippen LogP contribution in [0.1, 0.15) is 19.4 Å². The molecule has 1 aliphatic rings. The molecule has 6 atom stereocenters. The topological polar surface area (TPSA) is 47.9 Å². The molecular formula is C15H23O4P. The summed E-state index contributed by atoms with van der Waals surface area (Å²) in [5.41, 5.74) is 1.09. The molecule has 1 N–H and O–H groups in total. The molecule has 0 saturated carbocycles. The van der Waals surface area contributed by atoms with E-state index in [1.165, 1.54) is 0 Å². The number of ether oxygens (including phenoxy) is 3. The van der Waals surface area contributed by atoms with E-state index < -0.39 is 6.10 Å². The highest BCUT2D eigenvalue weighted by Crippen LogP contribution is 2.29. The Hall–Kier alpha value is -0.510. The summed E-state index contributed by atoms with van der Waals surface area (Å²) in [6, 6.07) is 9.95. The standard InChI is InChI=1S/C15H23O4P/c1-10-14(17-8-12-6-4-3-5-7-12)13(16)11(2)19-15(10)18-9-20/h3-7,10-11,13-16H,8-9,20H2,1-2H3/t10?,11?,13-,14+,15-/m0/s1. The maximum atomic E-state index is 10.3. The lowest BCUT2D eigenvalue weighted by Gasteiger charge is -2.42. The van der Waals surface area contributed by atoms with Gasteiger partial charge in [0.15, 0.2) is 6.29 Å². The Balaban J connectivity index is 1.99. The van der Waals surface area contributed by atoms with Gasteiger partial charge in [-0.25, -0.2) is 0 Å². The average molecular weight is 298 g/mol. The van der Waals surface area contributed by atoms with E-state index in [-0.39, 0.29) is 24.4 Å². The molecule has 112 valence electrons. The summed E-state index contributed by atoms with van der Waals surface area (Å²) < 4.78 is 17.1. The number of aliphatic hydroxyl groups excluding tert-OH is 1. The fourth-order valence-corrected chi connectivity index (χ4v) is 2.64. The van der Waals surface area contributed by atoms with E-state index in [1.54, 1.807) is 0 Å². The van der Waals surface area contributed by atoms with Gasteiger partial charge in [-0.3, -0.25) is 0 Å². The second-order valence-corrected chi connectivity index (χ2v) is 5.49. The van der Waals surface area contributed by atoms with Gasteiger partial charge in [-0.1, -0.05) is 37.3 Å². The minimum Gasteiger partial charge on any atom is -0.388 e. The van der Waals surface area contributed by atoms with Crippen molar-refractivity contribution in [2.45, 2.75) is 45.1 Å². The maximum Gasteiger partial charge on any atom is 0.163 e. The SMILES string of the molecule is CC1[C@@H](OCP)OC(C)[C@H](O)[C@@H]1OCc1ccccc1. The quantitative estimate of drug-likeness (QED) is 0.846. The molecule has 0 aromatic heterocycles. The third kappa shape index (κ3) is 3.78. The molecule has 0 radical (unpaired) electrons. The van der Waals surface area contributed by atoms with Gasteiger partial charge in [-0.05, 0) is 12.5 Å². The van der Waals surface area contributed by atoms with Crippen LogP contribution < -0.4 is 0 Å². The van der Waals surface area contributed by atoms with Gasteiger partial charge in [0.2, 0.25) is 0 Å². The second-order valence-electron chi connectivity index (χ2n) is 5.15. The number of benzene rings is 1. The molecule has 0 amide bonds. The Kier molecular flexibility index (Phi) is 5.94. The Morgan fingerprint density at radius 1 is 1.20 bits per heavy atom. The fraction of sp³-hybridized carbons (Fsp3) is 0.600. The molecule has 1 saturated heterocycles. The third-order valence-corrected chi connectivity index (χ3v) is 3.85. The molecule has 0 aliphatic carbocycles. The summed E-state index contributed by atoms with van der Waals surface area (Å²) in [5, 5.41) is 10.3. The molecule has 3 unspecified atom stereocenters. The highest BCUT2D eigenvalue weighted by atomic mass is 31.0.